The van der Waals surface area contributed by atoms with Gasteiger partial charge in [-0.1, -0.05) is 35.5 Å². The van der Waals surface area contributed by atoms with Crippen molar-refractivity contribution in [3.8, 4) is 11.6 Å². The number of oxime groups is 1. The summed E-state index contributed by atoms with van der Waals surface area (Å²) in [5.41, 5.74) is 7.39. The molecule has 0 atom stereocenters. The molecule has 1 amide bonds. The van der Waals surface area contributed by atoms with Gasteiger partial charge in [-0.3, -0.25) is 9.59 Å². The monoisotopic (exact) mass is 404 g/mol. The van der Waals surface area contributed by atoms with E-state index in [1.54, 1.807) is 54.7 Å². The van der Waals surface area contributed by atoms with Gasteiger partial charge in [0.25, 0.3) is 5.91 Å². The summed E-state index contributed by atoms with van der Waals surface area (Å²) in [4.78, 5) is 32.7. The zero-order valence-corrected chi connectivity index (χ0v) is 16.2. The van der Waals surface area contributed by atoms with Gasteiger partial charge in [0.1, 0.15) is 5.75 Å². The predicted molar refractivity (Wildman–Crippen MR) is 113 cm³/mol. The predicted octanol–water partition coefficient (Wildman–Crippen LogP) is 3.35. The van der Waals surface area contributed by atoms with E-state index in [1.807, 2.05) is 18.2 Å². The molecule has 3 aromatic rings. The van der Waals surface area contributed by atoms with E-state index in [0.717, 1.165) is 0 Å². The second kappa shape index (κ2) is 9.83. The Morgan fingerprint density at radius 2 is 1.87 bits per heavy atom. The number of carbonyl (C=O) groups excluding carboxylic acids is 2. The van der Waals surface area contributed by atoms with E-state index in [9.17, 15) is 9.59 Å². The number of Topliss-reactive ketones (excluding diaryl/α,β-unsaturated/α-hetero) is 1. The number of nitrogens with two attached hydrogens (primary N) is 1. The van der Waals surface area contributed by atoms with Gasteiger partial charge in [-0.15, -0.1) is 0 Å². The third-order valence-electron chi connectivity index (χ3n) is 3.92. The fourth-order valence-corrected chi connectivity index (χ4v) is 2.49. The molecule has 0 aliphatic heterocycles. The normalized spacial score (nSPS) is 10.9. The standard InChI is InChI=1S/C22H20N4O4/c1-15(27)16-7-5-8-17(13-16)25-20(28)14-29-26-21(23)19-11-6-12-24-22(19)30-18-9-3-2-4-10-18/h2-13H,14H2,1H3,(H2,23,26)(H,25,28). The van der Waals surface area contributed by atoms with E-state index >= 15 is 0 Å². The number of ether oxygens (including phenoxy) is 1. The van der Waals surface area contributed by atoms with Crippen molar-refractivity contribution in [3.05, 3.63) is 84.1 Å². The third-order valence-corrected chi connectivity index (χ3v) is 3.92. The molecule has 1 heterocycles. The van der Waals surface area contributed by atoms with Crippen LogP contribution in [0.3, 0.4) is 0 Å². The third kappa shape index (κ3) is 5.65. The summed E-state index contributed by atoms with van der Waals surface area (Å²) in [5, 5.41) is 6.42. The van der Waals surface area contributed by atoms with Crippen LogP contribution in [0.15, 0.2) is 78.1 Å². The molecule has 0 radical (unpaired) electrons. The maximum Gasteiger partial charge on any atom is 0.265 e. The Kier molecular flexibility index (Phi) is 6.73. The van der Waals surface area contributed by atoms with Crippen molar-refractivity contribution in [1.29, 1.82) is 0 Å². The number of carbonyl (C=O) groups is 2. The van der Waals surface area contributed by atoms with Gasteiger partial charge in [0.05, 0.1) is 5.56 Å². The number of aromatic nitrogens is 1. The minimum atomic E-state index is -0.445. The van der Waals surface area contributed by atoms with Crippen LogP contribution in [0.25, 0.3) is 0 Å². The largest absolute Gasteiger partial charge is 0.438 e. The van der Waals surface area contributed by atoms with Crippen LogP contribution in [0, 0.1) is 0 Å². The van der Waals surface area contributed by atoms with Crippen LogP contribution < -0.4 is 15.8 Å². The van der Waals surface area contributed by atoms with Gasteiger partial charge in [-0.2, -0.15) is 0 Å². The number of amidine groups is 1. The van der Waals surface area contributed by atoms with Gasteiger partial charge < -0.3 is 20.6 Å². The Labute approximate surface area is 173 Å². The molecule has 8 nitrogen and oxygen atoms in total. The van der Waals surface area contributed by atoms with Gasteiger partial charge in [0, 0.05) is 17.4 Å². The first kappa shape index (κ1) is 20.5. The second-order valence-electron chi connectivity index (χ2n) is 6.21. The Bertz CT molecular complexity index is 1070. The van der Waals surface area contributed by atoms with Crippen molar-refractivity contribution in [3.63, 3.8) is 0 Å². The summed E-state index contributed by atoms with van der Waals surface area (Å²) < 4.78 is 5.73. The lowest BCUT2D eigenvalue weighted by molar-refractivity contribution is -0.120. The fraction of sp³-hybridized carbons (Fsp3) is 0.0909. The molecular formula is C22H20N4O4. The van der Waals surface area contributed by atoms with E-state index < -0.39 is 5.91 Å². The highest BCUT2D eigenvalue weighted by molar-refractivity contribution is 5.99. The van der Waals surface area contributed by atoms with Crippen molar-refractivity contribution in [2.75, 3.05) is 11.9 Å². The van der Waals surface area contributed by atoms with E-state index in [0.29, 0.717) is 22.6 Å². The number of benzene rings is 2. The molecule has 0 fully saturated rings. The summed E-state index contributed by atoms with van der Waals surface area (Å²) >= 11 is 0. The first-order valence-electron chi connectivity index (χ1n) is 9.07. The Balaban J connectivity index is 1.61. The highest BCUT2D eigenvalue weighted by Crippen LogP contribution is 2.22. The molecule has 0 aliphatic rings. The fourth-order valence-electron chi connectivity index (χ4n) is 2.49. The summed E-state index contributed by atoms with van der Waals surface area (Å²) in [6.07, 6.45) is 1.57. The molecule has 3 rings (SSSR count). The summed E-state index contributed by atoms with van der Waals surface area (Å²) in [6.45, 7) is 1.09. The number of pyridine rings is 1. The first-order valence-corrected chi connectivity index (χ1v) is 9.07. The maximum atomic E-state index is 12.1. The van der Waals surface area contributed by atoms with Crippen LogP contribution in [0.1, 0.15) is 22.8 Å². The summed E-state index contributed by atoms with van der Waals surface area (Å²) in [5.74, 6) is 0.335. The zero-order chi connectivity index (χ0) is 21.3. The van der Waals surface area contributed by atoms with Gasteiger partial charge in [0.2, 0.25) is 5.88 Å². The number of ketones is 1. The van der Waals surface area contributed by atoms with Crippen LogP contribution >= 0.6 is 0 Å². The Hall–Kier alpha value is -4.20. The molecule has 2 aromatic carbocycles. The lowest BCUT2D eigenvalue weighted by Gasteiger charge is -2.09. The van der Waals surface area contributed by atoms with Crippen LogP contribution in [-0.2, 0) is 9.63 Å². The van der Waals surface area contributed by atoms with Crippen molar-refractivity contribution in [1.82, 2.24) is 4.98 Å². The Morgan fingerprint density at radius 1 is 1.07 bits per heavy atom. The number of hydrogen-bond donors (Lipinski definition) is 2. The highest BCUT2D eigenvalue weighted by Gasteiger charge is 2.11. The lowest BCUT2D eigenvalue weighted by Crippen LogP contribution is -2.20. The first-order chi connectivity index (χ1) is 14.5. The molecule has 0 saturated carbocycles. The van der Waals surface area contributed by atoms with Gasteiger partial charge in [-0.25, -0.2) is 4.98 Å². The molecule has 0 bridgehead atoms. The quantitative estimate of drug-likeness (QED) is 0.257. The molecule has 3 N–H and O–H groups in total. The zero-order valence-electron chi connectivity index (χ0n) is 16.2. The average Bonchev–Trinajstić information content (AvgIpc) is 2.75. The number of hydrogen-bond acceptors (Lipinski definition) is 6. The van der Waals surface area contributed by atoms with E-state index in [1.165, 1.54) is 6.92 Å². The molecule has 0 unspecified atom stereocenters. The summed E-state index contributed by atoms with van der Waals surface area (Å²) in [7, 11) is 0. The van der Waals surface area contributed by atoms with Gasteiger partial charge in [0.15, 0.2) is 18.2 Å². The van der Waals surface area contributed by atoms with E-state index in [4.69, 9.17) is 15.3 Å². The van der Waals surface area contributed by atoms with Crippen molar-refractivity contribution >= 4 is 23.2 Å². The molecule has 0 saturated heterocycles. The minimum Gasteiger partial charge on any atom is -0.438 e. The van der Waals surface area contributed by atoms with Gasteiger partial charge in [-0.05, 0) is 43.3 Å². The van der Waals surface area contributed by atoms with Crippen molar-refractivity contribution < 1.29 is 19.2 Å². The second-order valence-corrected chi connectivity index (χ2v) is 6.21. The van der Waals surface area contributed by atoms with Crippen LogP contribution in [0.2, 0.25) is 0 Å². The average molecular weight is 404 g/mol. The minimum absolute atomic E-state index is 0.0143. The molecule has 0 aliphatic carbocycles. The molecule has 30 heavy (non-hydrogen) atoms. The van der Waals surface area contributed by atoms with Crippen LogP contribution in [0.4, 0.5) is 5.69 Å². The maximum absolute atomic E-state index is 12.1. The van der Waals surface area contributed by atoms with E-state index in [-0.39, 0.29) is 24.1 Å². The van der Waals surface area contributed by atoms with Crippen LogP contribution in [-0.4, -0.2) is 29.1 Å². The number of nitrogens with one attached hydrogen (secondary N) is 1. The number of nitrogens with zero attached hydrogens (tertiary/aromatic N) is 2. The SMILES string of the molecule is CC(=O)c1cccc(NC(=O)CO/N=C(/N)c2cccnc2Oc2ccccc2)c1. The molecule has 8 heteroatoms. The van der Waals surface area contributed by atoms with Crippen molar-refractivity contribution in [2.45, 2.75) is 6.92 Å². The number of rotatable bonds is 8. The van der Waals surface area contributed by atoms with Crippen LogP contribution in [0.5, 0.6) is 11.6 Å². The smallest absolute Gasteiger partial charge is 0.265 e. The molecule has 152 valence electrons. The topological polar surface area (TPSA) is 116 Å². The Morgan fingerprint density at radius 3 is 2.63 bits per heavy atom. The lowest BCUT2D eigenvalue weighted by atomic mass is 10.1. The number of para-hydroxylation sites is 1. The number of anilines is 1. The van der Waals surface area contributed by atoms with E-state index in [2.05, 4.69) is 15.5 Å². The highest BCUT2D eigenvalue weighted by atomic mass is 16.6. The van der Waals surface area contributed by atoms with Crippen molar-refractivity contribution in [2.24, 2.45) is 10.9 Å². The summed E-state index contributed by atoms with van der Waals surface area (Å²) in [6, 6.07) is 19.1. The molecular weight excluding hydrogens is 384 g/mol. The molecule has 0 spiro atoms. The number of amides is 1. The molecule has 1 aromatic heterocycles. The van der Waals surface area contributed by atoms with Gasteiger partial charge >= 0.3 is 0 Å².